The second-order valence-electron chi connectivity index (χ2n) is 41.5. The van der Waals surface area contributed by atoms with Crippen LogP contribution in [0.1, 0.15) is 247 Å². The lowest BCUT2D eigenvalue weighted by atomic mass is 9.79. The number of hydrogen-bond donors (Lipinski definition) is 5. The number of nitrogens with one attached hydrogen (secondary N) is 4. The van der Waals surface area contributed by atoms with E-state index in [0.717, 1.165) is 120 Å². The summed E-state index contributed by atoms with van der Waals surface area (Å²) >= 11 is 0. The molecule has 16 rings (SSSR count). The Morgan fingerprint density at radius 1 is 0.524 bits per heavy atom. The number of carbonyl (C=O) groups excluding carboxylic acids is 9. The van der Waals surface area contributed by atoms with Crippen LogP contribution < -0.4 is 46.9 Å². The van der Waals surface area contributed by atoms with Crippen molar-refractivity contribution < 1.29 is 71.6 Å². The molecule has 6 bridgehead atoms. The highest BCUT2D eigenvalue weighted by atomic mass is 16.6. The van der Waals surface area contributed by atoms with Gasteiger partial charge in [0.1, 0.15) is 66.1 Å². The van der Waals surface area contributed by atoms with Gasteiger partial charge in [-0.1, -0.05) is 108 Å². The lowest BCUT2D eigenvalue weighted by Gasteiger charge is -2.38. The van der Waals surface area contributed by atoms with Crippen LogP contribution in [0.3, 0.4) is 0 Å². The predicted octanol–water partition coefficient (Wildman–Crippen LogP) is 11.1. The molecule has 4 aromatic heterocycles. The fourth-order valence-electron chi connectivity index (χ4n) is 24.0. The predicted molar refractivity (Wildman–Crippen MR) is 467 cm³/mol. The number of hydrogen-bond acceptors (Lipinski definition) is 23. The molecule has 0 aromatic carbocycles. The highest BCUT2D eigenvalue weighted by Crippen LogP contribution is 2.60. The highest BCUT2D eigenvalue weighted by molar-refractivity contribution is 5.95. The van der Waals surface area contributed by atoms with Crippen LogP contribution in [0.15, 0.2) is 41.9 Å². The smallest absolute Gasteiger partial charge is 0.408 e. The van der Waals surface area contributed by atoms with Crippen molar-refractivity contribution in [2.45, 2.75) is 317 Å². The van der Waals surface area contributed by atoms with Crippen molar-refractivity contribution in [2.24, 2.45) is 93.0 Å². The number of amides is 6. The first-order valence-corrected chi connectivity index (χ1v) is 47.1. The lowest BCUT2D eigenvalue weighted by Crippen LogP contribution is -2.59. The number of nitrogens with two attached hydrogens (primary N) is 1. The Hall–Kier alpha value is -9.71. The zero-order valence-electron chi connectivity index (χ0n) is 75.9. The van der Waals surface area contributed by atoms with Crippen LogP contribution in [0, 0.1) is 87.3 Å². The van der Waals surface area contributed by atoms with E-state index < -0.39 is 130 Å². The summed E-state index contributed by atoms with van der Waals surface area (Å²) in [6.07, 6.45) is 24.1. The molecule has 6 amide bonds. The first-order valence-electron chi connectivity index (χ1n) is 47.1. The molecule has 10 heterocycles. The minimum absolute atomic E-state index is 0.0148. The number of nitrogens with zero attached hydrogens (tertiary/aromatic N) is 10. The molecule has 9 fully saturated rings. The Labute approximate surface area is 738 Å². The Balaban J connectivity index is 0.671. The number of rotatable bonds is 14. The van der Waals surface area contributed by atoms with Gasteiger partial charge in [-0.15, -0.1) is 0 Å². The van der Waals surface area contributed by atoms with Crippen LogP contribution in [-0.2, 0) is 68.8 Å². The Morgan fingerprint density at radius 3 is 1.56 bits per heavy atom. The summed E-state index contributed by atoms with van der Waals surface area (Å²) in [5.74, 6) is 1.13. The zero-order chi connectivity index (χ0) is 89.3. The lowest BCUT2D eigenvalue weighted by molar-refractivity contribution is -0.142. The van der Waals surface area contributed by atoms with Crippen molar-refractivity contribution in [2.75, 3.05) is 26.2 Å². The molecule has 24 atom stereocenters. The topological polar surface area (TPSA) is 384 Å². The zero-order valence-corrected chi connectivity index (χ0v) is 75.9. The van der Waals surface area contributed by atoms with Crippen LogP contribution >= 0.6 is 0 Å². The monoisotopic (exact) mass is 1740 g/mol. The molecule has 0 radical (unpaired) electrons. The summed E-state index contributed by atoms with van der Waals surface area (Å²) in [4.78, 5) is 176. The number of imidazole rings is 1. The molecule has 3 saturated heterocycles. The Bertz CT molecular complexity index is 4920. The van der Waals surface area contributed by atoms with Crippen molar-refractivity contribution in [3.63, 3.8) is 0 Å². The summed E-state index contributed by atoms with van der Waals surface area (Å²) < 4.78 is 43.4. The quantitative estimate of drug-likeness (QED) is 0.0732. The van der Waals surface area contributed by atoms with Gasteiger partial charge in [0.25, 0.3) is 0 Å². The van der Waals surface area contributed by atoms with Gasteiger partial charge >= 0.3 is 30.0 Å². The third-order valence-corrected chi connectivity index (χ3v) is 30.8. The summed E-state index contributed by atoms with van der Waals surface area (Å²) in [7, 11) is 0. The van der Waals surface area contributed by atoms with E-state index in [4.69, 9.17) is 49.1 Å². The Kier molecular flexibility index (Phi) is 25.9. The molecule has 684 valence electrons. The molecule has 31 heteroatoms. The number of Topliss-reactive ketones (excluding diaryl/α,β-unsaturated/α-hetero) is 3. The van der Waals surface area contributed by atoms with Crippen LogP contribution in [0.2, 0.25) is 0 Å². The van der Waals surface area contributed by atoms with Gasteiger partial charge in [0.15, 0.2) is 34.7 Å². The van der Waals surface area contributed by atoms with Gasteiger partial charge in [-0.05, 0) is 212 Å². The summed E-state index contributed by atoms with van der Waals surface area (Å²) in [5, 5.41) is 12.5. The fraction of sp³-hybridized carbons (Fsp3) is 0.716. The molecule has 6 aliphatic heterocycles. The van der Waals surface area contributed by atoms with Crippen molar-refractivity contribution in [3.05, 3.63) is 76.1 Å². The maximum Gasteiger partial charge on any atom is 0.408 e. The number of aromatic nitrogens is 7. The van der Waals surface area contributed by atoms with E-state index >= 15 is 9.59 Å². The van der Waals surface area contributed by atoms with E-state index in [1.54, 1.807) is 34.5 Å². The number of aryl methyl sites for hydroxylation is 2. The van der Waals surface area contributed by atoms with Gasteiger partial charge < -0.3 is 74.5 Å². The molecule has 6 unspecified atom stereocenters. The fourth-order valence-corrected chi connectivity index (χ4v) is 24.0. The molecule has 31 nitrogen and oxygen atoms in total. The summed E-state index contributed by atoms with van der Waals surface area (Å²) in [6.45, 7) is 23.7. The molecule has 6 N–H and O–H groups in total. The summed E-state index contributed by atoms with van der Waals surface area (Å²) in [5.41, 5.74) is 5.06. The first kappa shape index (κ1) is 89.7. The number of ketones is 3. The first-order chi connectivity index (χ1) is 60.2. The van der Waals surface area contributed by atoms with E-state index in [9.17, 15) is 38.4 Å². The van der Waals surface area contributed by atoms with Crippen LogP contribution in [0.4, 0.5) is 14.4 Å². The normalized spacial score (nSPS) is 34.2. The van der Waals surface area contributed by atoms with Crippen LogP contribution in [0.5, 0.6) is 17.5 Å². The molecule has 126 heavy (non-hydrogen) atoms. The average molecular weight is 1740 g/mol. The van der Waals surface area contributed by atoms with Crippen LogP contribution in [-0.4, -0.2) is 201 Å². The van der Waals surface area contributed by atoms with E-state index in [0.29, 0.717) is 97.0 Å². The second-order valence-corrected chi connectivity index (χ2v) is 41.5. The molecule has 6 aliphatic carbocycles. The molecule has 0 spiro atoms. The maximum atomic E-state index is 16.3. The van der Waals surface area contributed by atoms with E-state index in [-0.39, 0.29) is 104 Å². The van der Waals surface area contributed by atoms with Crippen molar-refractivity contribution in [1.29, 1.82) is 0 Å². The van der Waals surface area contributed by atoms with Crippen molar-refractivity contribution >= 4 is 71.2 Å². The van der Waals surface area contributed by atoms with Crippen molar-refractivity contribution in [3.8, 4) is 17.5 Å². The van der Waals surface area contributed by atoms with Gasteiger partial charge in [0.05, 0.1) is 49.7 Å². The Morgan fingerprint density at radius 2 is 1.02 bits per heavy atom. The van der Waals surface area contributed by atoms with Gasteiger partial charge in [-0.25, -0.2) is 38.7 Å². The van der Waals surface area contributed by atoms with Gasteiger partial charge in [0, 0.05) is 72.2 Å². The molecular weight excluding hydrogens is 1610 g/mol. The van der Waals surface area contributed by atoms with Crippen LogP contribution in [0.25, 0.3) is 17.8 Å². The minimum atomic E-state index is -1.29. The SMILES string of the molecule is CC[C@@H]1[C@@H]2CN(C(=O)[C@H](C(C)(C)CNC=Cc3nc4n(c(=O)n3)CCCCC[C@@H]3C5CC5C[C@H]3OC(=O)N[C@@H](C(C)(C)Cc3cnc5cc6c(cn35)CCCCC[C@@H]3C5CC5C[C@H]3OC(=O)N[C@@H](C(C)(C)C)C(=O)N3C[C@H](O6)[C@@H](C)[C@H]3C(C)=O)C(=O)N3C[C@H](O4)[C@@H](CC)[C@H]3C(C)=O)NC(=O)O[C@@H]3CC4CC4[C@H]3CCCCCc3nc(C=CN)ncc3O2)[C@@H]1C(C)=O. The molecule has 4 aromatic rings. The van der Waals surface area contributed by atoms with Gasteiger partial charge in [0.2, 0.25) is 17.7 Å². The van der Waals surface area contributed by atoms with E-state index in [2.05, 4.69) is 31.2 Å². The van der Waals surface area contributed by atoms with Gasteiger partial charge in [-0.3, -0.25) is 28.8 Å². The third kappa shape index (κ3) is 18.7. The number of ether oxygens (including phenoxy) is 6. The molecule has 6 saturated carbocycles. The second kappa shape index (κ2) is 36.4. The highest BCUT2D eigenvalue weighted by Gasteiger charge is 2.60. The number of alkyl carbamates (subject to hydrolysis) is 3. The standard InChI is InChI=1S/C95H133N15O16/c1-14-59-74-47-109(80(59)52(5)112)87(116)84(105-92(120)126-70-39-56-36-65(56)62(70)27-21-17-23-29-67-72(122-74)44-98-76(100-67)30-32-96)95(12,13)49-97-33-31-77-101-88(117)106-34-24-18-22-28-63-66-37-57(66)40-71(63)125-91(119)104-83(86(115)110-48-75(123-89(106)102-77)60(15-2)81(110)53(6)113)94(10,11)42-58-43-99-78-41-68-54(45-107(58)78)25-19-16-20-26-61-64-35-55(64)38-69(61)124-90(118)103-82(93(7,8)9)85(114)108-46-73(121-68)50(3)79(108)51(4)111/h30-33,41,43-45,50,55-57,59-66,69-71,73-75,79-84,97H,14-29,34-40,42,46-49,96H2,1-13H3,(H,103,118)(H,104,119)(H,105,120)/t50-,55?,56?,57?,59-,60-,61-,62-,63-,64?,65?,66?,69-,70-,71-,73+,74+,75+,79+,80-,81-,82-,83-,84-/m1/s1. The number of fused-ring (bicyclic) bond motifs is 19. The van der Waals surface area contributed by atoms with E-state index in [1.807, 2.05) is 85.9 Å². The maximum absolute atomic E-state index is 16.3. The van der Waals surface area contributed by atoms with E-state index in [1.165, 1.54) is 42.5 Å². The average Bonchev–Trinajstić information content (AvgIpc) is 1.60. The third-order valence-electron chi connectivity index (χ3n) is 30.8. The largest absolute Gasteiger partial charge is 0.488 e. The summed E-state index contributed by atoms with van der Waals surface area (Å²) in [6, 6.07) is -4.43. The van der Waals surface area contributed by atoms with Gasteiger partial charge in [-0.2, -0.15) is 9.97 Å². The minimum Gasteiger partial charge on any atom is -0.488 e. The van der Waals surface area contributed by atoms with Crippen molar-refractivity contribution in [1.82, 2.24) is 69.9 Å². The number of pyridine rings is 1. The molecular formula is C95H133N15O16. The number of carbonyl (C=O) groups is 9. The molecule has 12 aliphatic rings.